The van der Waals surface area contributed by atoms with Gasteiger partial charge in [-0.05, 0) is 65.4 Å². The average Bonchev–Trinajstić information content (AvgIpc) is 3.28. The van der Waals surface area contributed by atoms with Crippen molar-refractivity contribution in [3.05, 3.63) is 90.3 Å². The first-order valence-electron chi connectivity index (χ1n) is 9.16. The Kier molecular flexibility index (Phi) is 5.03. The number of aryl methyl sites for hydroxylation is 1. The van der Waals surface area contributed by atoms with Crippen LogP contribution in [-0.2, 0) is 0 Å². The molecule has 0 fully saturated rings. The molecular formula is C22H20N6O. The Balaban J connectivity index is 1.59. The lowest BCUT2D eigenvalue weighted by molar-refractivity contribution is 0.102. The summed E-state index contributed by atoms with van der Waals surface area (Å²) >= 11 is 0. The summed E-state index contributed by atoms with van der Waals surface area (Å²) in [5.74, 6) is -0.169. The molecule has 4 rings (SSSR count). The van der Waals surface area contributed by atoms with Gasteiger partial charge in [0, 0.05) is 18.4 Å². The first-order valence-corrected chi connectivity index (χ1v) is 9.16. The second-order valence-electron chi connectivity index (χ2n) is 6.62. The Bertz CT molecular complexity index is 1130. The van der Waals surface area contributed by atoms with Crippen LogP contribution in [0.3, 0.4) is 0 Å². The van der Waals surface area contributed by atoms with Crippen LogP contribution in [0.15, 0.2) is 79.1 Å². The van der Waals surface area contributed by atoms with Crippen molar-refractivity contribution in [1.29, 1.82) is 0 Å². The van der Waals surface area contributed by atoms with Gasteiger partial charge in [-0.2, -0.15) is 0 Å². The van der Waals surface area contributed by atoms with E-state index in [1.54, 1.807) is 4.68 Å². The number of carbonyl (C=O) groups is 1. The zero-order valence-electron chi connectivity index (χ0n) is 16.1. The highest BCUT2D eigenvalue weighted by Gasteiger charge is 2.15. The molecule has 3 aromatic carbocycles. The molecule has 0 radical (unpaired) electrons. The van der Waals surface area contributed by atoms with Crippen LogP contribution in [0.25, 0.3) is 5.69 Å². The number of carbonyl (C=O) groups excluding carboxylic acids is 1. The van der Waals surface area contributed by atoms with Crippen molar-refractivity contribution >= 4 is 23.0 Å². The van der Waals surface area contributed by atoms with Crippen molar-refractivity contribution in [1.82, 2.24) is 20.2 Å². The predicted molar refractivity (Wildman–Crippen MR) is 113 cm³/mol. The quantitative estimate of drug-likeness (QED) is 0.563. The van der Waals surface area contributed by atoms with E-state index in [0.29, 0.717) is 11.3 Å². The van der Waals surface area contributed by atoms with Crippen LogP contribution >= 0.6 is 0 Å². The molecule has 29 heavy (non-hydrogen) atoms. The standard InChI is InChI=1S/C22H20N6O/c1-16-14-17(12-13-20(16)28-15-23-25-26-28)24-22(29)19-10-6-7-11-21(19)27(2)18-8-4-3-5-9-18/h3-15H,1-2H3,(H,24,29). The molecule has 1 aromatic heterocycles. The third-order valence-electron chi connectivity index (χ3n) is 4.70. The molecule has 1 N–H and O–H groups in total. The van der Waals surface area contributed by atoms with Crippen molar-refractivity contribution in [2.75, 3.05) is 17.3 Å². The van der Waals surface area contributed by atoms with Crippen LogP contribution in [0.1, 0.15) is 15.9 Å². The van der Waals surface area contributed by atoms with Crippen molar-refractivity contribution in [2.24, 2.45) is 0 Å². The Morgan fingerprint density at radius 2 is 1.76 bits per heavy atom. The van der Waals surface area contributed by atoms with E-state index in [4.69, 9.17) is 0 Å². The van der Waals surface area contributed by atoms with Crippen molar-refractivity contribution < 1.29 is 4.79 Å². The van der Waals surface area contributed by atoms with Crippen molar-refractivity contribution in [3.8, 4) is 5.69 Å². The number of tetrazole rings is 1. The molecule has 0 saturated heterocycles. The number of nitrogens with zero attached hydrogens (tertiary/aromatic N) is 5. The Morgan fingerprint density at radius 3 is 2.48 bits per heavy atom. The summed E-state index contributed by atoms with van der Waals surface area (Å²) in [6.07, 6.45) is 1.54. The largest absolute Gasteiger partial charge is 0.344 e. The first kappa shape index (κ1) is 18.4. The van der Waals surface area contributed by atoms with Gasteiger partial charge in [-0.3, -0.25) is 4.79 Å². The van der Waals surface area contributed by atoms with Gasteiger partial charge in [-0.25, -0.2) is 4.68 Å². The number of anilines is 3. The van der Waals surface area contributed by atoms with Crippen molar-refractivity contribution in [2.45, 2.75) is 6.92 Å². The molecule has 0 aliphatic carbocycles. The molecular weight excluding hydrogens is 364 g/mol. The number of amides is 1. The fourth-order valence-electron chi connectivity index (χ4n) is 3.21. The van der Waals surface area contributed by atoms with Gasteiger partial charge in [0.2, 0.25) is 0 Å². The van der Waals surface area contributed by atoms with Gasteiger partial charge >= 0.3 is 0 Å². The molecule has 7 nitrogen and oxygen atoms in total. The number of benzene rings is 3. The Morgan fingerprint density at radius 1 is 1.00 bits per heavy atom. The number of nitrogens with one attached hydrogen (secondary N) is 1. The summed E-state index contributed by atoms with van der Waals surface area (Å²) in [7, 11) is 1.95. The molecule has 0 aliphatic rings. The summed E-state index contributed by atoms with van der Waals surface area (Å²) in [5, 5.41) is 14.2. The third kappa shape index (κ3) is 3.84. The second-order valence-corrected chi connectivity index (χ2v) is 6.62. The number of rotatable bonds is 5. The van der Waals surface area contributed by atoms with Crippen LogP contribution in [0.4, 0.5) is 17.1 Å². The van der Waals surface area contributed by atoms with Crippen LogP contribution in [-0.4, -0.2) is 33.2 Å². The monoisotopic (exact) mass is 384 g/mol. The minimum atomic E-state index is -0.169. The van der Waals surface area contributed by atoms with E-state index < -0.39 is 0 Å². The van der Waals surface area contributed by atoms with Gasteiger partial charge in [0.05, 0.1) is 16.9 Å². The van der Waals surface area contributed by atoms with Gasteiger partial charge in [-0.15, -0.1) is 5.10 Å². The Hall–Kier alpha value is -4.00. The lowest BCUT2D eigenvalue weighted by atomic mass is 10.1. The minimum absolute atomic E-state index is 0.169. The summed E-state index contributed by atoms with van der Waals surface area (Å²) in [6.45, 7) is 1.95. The van der Waals surface area contributed by atoms with Crippen LogP contribution < -0.4 is 10.2 Å². The van der Waals surface area contributed by atoms with Gasteiger partial charge in [0.25, 0.3) is 5.91 Å². The summed E-state index contributed by atoms with van der Waals surface area (Å²) in [5.41, 5.74) is 4.96. The highest BCUT2D eigenvalue weighted by molar-refractivity contribution is 6.08. The highest BCUT2D eigenvalue weighted by Crippen LogP contribution is 2.28. The zero-order valence-corrected chi connectivity index (χ0v) is 16.1. The SMILES string of the molecule is Cc1cc(NC(=O)c2ccccc2N(C)c2ccccc2)ccc1-n1cnnn1. The predicted octanol–water partition coefficient (Wildman–Crippen LogP) is 3.99. The smallest absolute Gasteiger partial charge is 0.257 e. The van der Waals surface area contributed by atoms with E-state index in [0.717, 1.165) is 22.6 Å². The van der Waals surface area contributed by atoms with E-state index in [1.165, 1.54) is 6.33 Å². The van der Waals surface area contributed by atoms with E-state index in [2.05, 4.69) is 20.8 Å². The molecule has 0 unspecified atom stereocenters. The number of aromatic nitrogens is 4. The normalized spacial score (nSPS) is 10.6. The summed E-state index contributed by atoms with van der Waals surface area (Å²) in [6, 6.07) is 23.1. The van der Waals surface area contributed by atoms with Gasteiger partial charge in [-0.1, -0.05) is 30.3 Å². The van der Waals surface area contributed by atoms with Gasteiger partial charge in [0.1, 0.15) is 6.33 Å². The maximum absolute atomic E-state index is 13.0. The average molecular weight is 384 g/mol. The molecule has 144 valence electrons. The number of para-hydroxylation sites is 2. The van der Waals surface area contributed by atoms with Crippen LogP contribution in [0.5, 0.6) is 0 Å². The molecule has 4 aromatic rings. The fraction of sp³-hybridized carbons (Fsp3) is 0.0909. The molecule has 0 bridgehead atoms. The first-order chi connectivity index (χ1) is 14.1. The zero-order chi connectivity index (χ0) is 20.2. The van der Waals surface area contributed by atoms with E-state index >= 15 is 0 Å². The van der Waals surface area contributed by atoms with E-state index in [-0.39, 0.29) is 5.91 Å². The molecule has 7 heteroatoms. The molecule has 1 amide bonds. The van der Waals surface area contributed by atoms with Gasteiger partial charge < -0.3 is 10.2 Å². The van der Waals surface area contributed by atoms with Crippen molar-refractivity contribution in [3.63, 3.8) is 0 Å². The molecule has 0 aliphatic heterocycles. The minimum Gasteiger partial charge on any atom is -0.344 e. The Labute approximate surface area is 168 Å². The molecule has 0 atom stereocenters. The van der Waals surface area contributed by atoms with E-state index in [9.17, 15) is 4.79 Å². The van der Waals surface area contributed by atoms with Crippen LogP contribution in [0, 0.1) is 6.92 Å². The van der Waals surface area contributed by atoms with E-state index in [1.807, 2.05) is 91.7 Å². The molecule has 1 heterocycles. The highest BCUT2D eigenvalue weighted by atomic mass is 16.1. The number of hydrogen-bond donors (Lipinski definition) is 1. The number of hydrogen-bond acceptors (Lipinski definition) is 5. The molecule has 0 saturated carbocycles. The summed E-state index contributed by atoms with van der Waals surface area (Å²) < 4.78 is 1.59. The lowest BCUT2D eigenvalue weighted by Crippen LogP contribution is -2.18. The molecule has 0 spiro atoms. The van der Waals surface area contributed by atoms with Crippen LogP contribution in [0.2, 0.25) is 0 Å². The third-order valence-corrected chi connectivity index (χ3v) is 4.70. The maximum atomic E-state index is 13.0. The fourth-order valence-corrected chi connectivity index (χ4v) is 3.21. The lowest BCUT2D eigenvalue weighted by Gasteiger charge is -2.22. The second kappa shape index (κ2) is 7.93. The maximum Gasteiger partial charge on any atom is 0.257 e. The topological polar surface area (TPSA) is 75.9 Å². The summed E-state index contributed by atoms with van der Waals surface area (Å²) in [4.78, 5) is 15.0. The van der Waals surface area contributed by atoms with Gasteiger partial charge in [0.15, 0.2) is 0 Å².